The third-order valence-electron chi connectivity index (χ3n) is 5.84. The molecule has 1 heterocycles. The van der Waals surface area contributed by atoms with Gasteiger partial charge < -0.3 is 4.74 Å². The highest BCUT2D eigenvalue weighted by Gasteiger charge is 2.37. The van der Waals surface area contributed by atoms with E-state index in [9.17, 15) is 0 Å². The summed E-state index contributed by atoms with van der Waals surface area (Å²) in [4.78, 5) is 0. The van der Waals surface area contributed by atoms with E-state index in [0.717, 1.165) is 30.3 Å². The zero-order valence-electron chi connectivity index (χ0n) is 11.4. The SMILES string of the molecule is CCC1CCC(C2CCC(C3CO3)CC2)CC1. The number of ether oxygens (including phenoxy) is 1. The fraction of sp³-hybridized carbons (Fsp3) is 1.00. The molecule has 98 valence electrons. The molecule has 0 amide bonds. The van der Waals surface area contributed by atoms with E-state index < -0.39 is 0 Å². The van der Waals surface area contributed by atoms with Crippen LogP contribution < -0.4 is 0 Å². The van der Waals surface area contributed by atoms with Crippen molar-refractivity contribution in [2.75, 3.05) is 6.61 Å². The van der Waals surface area contributed by atoms with Crippen LogP contribution in [0.1, 0.15) is 64.7 Å². The van der Waals surface area contributed by atoms with Crippen LogP contribution in [0, 0.1) is 23.7 Å². The Kier molecular flexibility index (Phi) is 3.75. The van der Waals surface area contributed by atoms with Crippen LogP contribution in [-0.2, 0) is 4.74 Å². The van der Waals surface area contributed by atoms with Gasteiger partial charge in [-0.25, -0.2) is 0 Å². The Balaban J connectivity index is 1.43. The highest BCUT2D eigenvalue weighted by molar-refractivity contribution is 4.87. The molecule has 1 aliphatic heterocycles. The minimum absolute atomic E-state index is 0.673. The van der Waals surface area contributed by atoms with Gasteiger partial charge in [-0.1, -0.05) is 26.2 Å². The molecule has 3 rings (SSSR count). The summed E-state index contributed by atoms with van der Waals surface area (Å²) in [5, 5.41) is 0. The quantitative estimate of drug-likeness (QED) is 0.661. The van der Waals surface area contributed by atoms with Gasteiger partial charge in [-0.05, 0) is 62.2 Å². The monoisotopic (exact) mass is 236 g/mol. The minimum atomic E-state index is 0.673. The van der Waals surface area contributed by atoms with Crippen LogP contribution in [0.2, 0.25) is 0 Å². The third kappa shape index (κ3) is 2.86. The van der Waals surface area contributed by atoms with E-state index in [1.165, 1.54) is 57.8 Å². The predicted molar refractivity (Wildman–Crippen MR) is 70.9 cm³/mol. The molecular formula is C16H28O. The lowest BCUT2D eigenvalue weighted by Gasteiger charge is -2.37. The van der Waals surface area contributed by atoms with Crippen LogP contribution in [0.4, 0.5) is 0 Å². The van der Waals surface area contributed by atoms with Gasteiger partial charge >= 0.3 is 0 Å². The average Bonchev–Trinajstić information content (AvgIpc) is 3.24. The first-order valence-electron chi connectivity index (χ1n) is 7.98. The van der Waals surface area contributed by atoms with E-state index in [4.69, 9.17) is 4.74 Å². The molecule has 17 heavy (non-hydrogen) atoms. The van der Waals surface area contributed by atoms with Crippen molar-refractivity contribution in [3.8, 4) is 0 Å². The highest BCUT2D eigenvalue weighted by atomic mass is 16.6. The Morgan fingerprint density at radius 2 is 1.24 bits per heavy atom. The van der Waals surface area contributed by atoms with Crippen molar-refractivity contribution >= 4 is 0 Å². The molecule has 3 fully saturated rings. The van der Waals surface area contributed by atoms with Gasteiger partial charge in [0.25, 0.3) is 0 Å². The van der Waals surface area contributed by atoms with Gasteiger partial charge in [-0.15, -0.1) is 0 Å². The maximum Gasteiger partial charge on any atom is 0.0838 e. The van der Waals surface area contributed by atoms with Crippen molar-refractivity contribution in [2.45, 2.75) is 70.8 Å². The zero-order chi connectivity index (χ0) is 11.7. The molecule has 1 atom stereocenters. The highest BCUT2D eigenvalue weighted by Crippen LogP contribution is 2.43. The average molecular weight is 236 g/mol. The van der Waals surface area contributed by atoms with Crippen molar-refractivity contribution in [2.24, 2.45) is 23.7 Å². The number of hydrogen-bond acceptors (Lipinski definition) is 1. The smallest absolute Gasteiger partial charge is 0.0838 e. The summed E-state index contributed by atoms with van der Waals surface area (Å²) < 4.78 is 5.46. The van der Waals surface area contributed by atoms with Gasteiger partial charge in [0, 0.05) is 0 Å². The van der Waals surface area contributed by atoms with E-state index in [-0.39, 0.29) is 0 Å². The molecule has 1 nitrogen and oxygen atoms in total. The summed E-state index contributed by atoms with van der Waals surface area (Å²) in [5.74, 6) is 4.14. The molecule has 0 aromatic heterocycles. The van der Waals surface area contributed by atoms with Crippen molar-refractivity contribution in [1.82, 2.24) is 0 Å². The lowest BCUT2D eigenvalue weighted by molar-refractivity contribution is 0.134. The predicted octanol–water partition coefficient (Wildman–Crippen LogP) is 4.41. The number of epoxide rings is 1. The van der Waals surface area contributed by atoms with Crippen LogP contribution in [0.5, 0.6) is 0 Å². The van der Waals surface area contributed by atoms with E-state index in [2.05, 4.69) is 6.92 Å². The van der Waals surface area contributed by atoms with Gasteiger partial charge in [0.15, 0.2) is 0 Å². The van der Waals surface area contributed by atoms with E-state index in [1.807, 2.05) is 0 Å². The first-order chi connectivity index (χ1) is 8.36. The second-order valence-electron chi connectivity index (χ2n) is 6.74. The molecule has 0 N–H and O–H groups in total. The topological polar surface area (TPSA) is 12.5 Å². The van der Waals surface area contributed by atoms with Crippen LogP contribution in [0.15, 0.2) is 0 Å². The van der Waals surface area contributed by atoms with Crippen LogP contribution in [0.3, 0.4) is 0 Å². The molecule has 2 saturated carbocycles. The second kappa shape index (κ2) is 5.30. The standard InChI is InChI=1S/C16H28O/c1-2-12-3-5-13(6-4-12)14-7-9-15(10-8-14)16-11-17-16/h12-16H,2-11H2,1H3. The molecule has 0 spiro atoms. The molecule has 0 radical (unpaired) electrons. The normalized spacial score (nSPS) is 46.8. The zero-order valence-corrected chi connectivity index (χ0v) is 11.4. The van der Waals surface area contributed by atoms with E-state index >= 15 is 0 Å². The Morgan fingerprint density at radius 1 is 0.765 bits per heavy atom. The van der Waals surface area contributed by atoms with Gasteiger partial charge in [-0.3, -0.25) is 0 Å². The lowest BCUT2D eigenvalue weighted by Crippen LogP contribution is -2.27. The van der Waals surface area contributed by atoms with Gasteiger partial charge in [0.05, 0.1) is 12.7 Å². The summed E-state index contributed by atoms with van der Waals surface area (Å²) in [6.07, 6.45) is 14.1. The first-order valence-corrected chi connectivity index (χ1v) is 7.98. The maximum absolute atomic E-state index is 5.46. The van der Waals surface area contributed by atoms with Crippen molar-refractivity contribution in [1.29, 1.82) is 0 Å². The molecule has 0 bridgehead atoms. The van der Waals surface area contributed by atoms with Crippen molar-refractivity contribution in [3.05, 3.63) is 0 Å². The van der Waals surface area contributed by atoms with Gasteiger partial charge in [0.2, 0.25) is 0 Å². The fourth-order valence-corrected chi connectivity index (χ4v) is 4.38. The third-order valence-corrected chi connectivity index (χ3v) is 5.84. The second-order valence-corrected chi connectivity index (χ2v) is 6.74. The largest absolute Gasteiger partial charge is 0.373 e. The van der Waals surface area contributed by atoms with E-state index in [0.29, 0.717) is 6.10 Å². The molecule has 1 unspecified atom stereocenters. The molecule has 0 aromatic carbocycles. The molecule has 2 aliphatic carbocycles. The fourth-order valence-electron chi connectivity index (χ4n) is 4.38. The van der Waals surface area contributed by atoms with Crippen molar-refractivity contribution < 1.29 is 4.74 Å². The van der Waals surface area contributed by atoms with Crippen molar-refractivity contribution in [3.63, 3.8) is 0 Å². The summed E-state index contributed by atoms with van der Waals surface area (Å²) in [7, 11) is 0. The van der Waals surface area contributed by atoms with E-state index in [1.54, 1.807) is 0 Å². The maximum atomic E-state index is 5.46. The summed E-state index contributed by atoms with van der Waals surface area (Å²) in [5.41, 5.74) is 0. The number of hydrogen-bond donors (Lipinski definition) is 0. The van der Waals surface area contributed by atoms with Gasteiger partial charge in [0.1, 0.15) is 0 Å². The molecule has 1 saturated heterocycles. The van der Waals surface area contributed by atoms with Crippen LogP contribution >= 0.6 is 0 Å². The van der Waals surface area contributed by atoms with Crippen LogP contribution in [-0.4, -0.2) is 12.7 Å². The molecule has 0 aromatic rings. The number of rotatable bonds is 3. The molecule has 1 heteroatoms. The van der Waals surface area contributed by atoms with Gasteiger partial charge in [-0.2, -0.15) is 0 Å². The Morgan fingerprint density at radius 3 is 1.71 bits per heavy atom. The minimum Gasteiger partial charge on any atom is -0.373 e. The van der Waals surface area contributed by atoms with Crippen LogP contribution in [0.25, 0.3) is 0 Å². The molecular weight excluding hydrogens is 208 g/mol. The first kappa shape index (κ1) is 12.0. The molecule has 3 aliphatic rings. The summed E-state index contributed by atoms with van der Waals surface area (Å²) >= 11 is 0. The Hall–Kier alpha value is -0.0400. The summed E-state index contributed by atoms with van der Waals surface area (Å²) in [6, 6.07) is 0. The lowest BCUT2D eigenvalue weighted by atomic mass is 9.68. The summed E-state index contributed by atoms with van der Waals surface area (Å²) in [6.45, 7) is 3.43. The Labute approximate surface area is 106 Å². The Bertz CT molecular complexity index is 230.